The molecule has 0 N–H and O–H groups in total. The number of thioether (sulfide) groups is 1. The maximum absolute atomic E-state index is 12.7. The molecule has 0 aromatic carbocycles. The molecule has 0 aliphatic rings. The number of hydrogen-bond donors (Lipinski definition) is 0. The maximum Gasteiger partial charge on any atom is 0.230 e. The van der Waals surface area contributed by atoms with Crippen LogP contribution in [0.5, 0.6) is 0 Å². The topological polar surface area (TPSA) is 51.0 Å². The van der Waals surface area contributed by atoms with E-state index in [9.17, 15) is 4.79 Å². The van der Waals surface area contributed by atoms with Crippen LogP contribution in [0, 0.1) is 5.92 Å². The van der Waals surface area contributed by atoms with Gasteiger partial charge in [0.15, 0.2) is 5.15 Å². The van der Waals surface area contributed by atoms with E-state index in [1.807, 2.05) is 32.2 Å². The molecule has 0 aliphatic carbocycles. The van der Waals surface area contributed by atoms with Crippen LogP contribution in [0.15, 0.2) is 30.7 Å². The van der Waals surface area contributed by atoms with Gasteiger partial charge in [0, 0.05) is 24.4 Å². The molecular weight excluding hydrogens is 332 g/mol. The Hall–Kier alpha value is -1.53. The van der Waals surface area contributed by atoms with Gasteiger partial charge in [-0.3, -0.25) is 9.78 Å². The number of halogens is 1. The second-order valence-electron chi connectivity index (χ2n) is 5.31. The van der Waals surface area contributed by atoms with Crippen molar-refractivity contribution >= 4 is 35.0 Å². The third kappa shape index (κ3) is 4.26. The molecule has 0 saturated heterocycles. The molecule has 1 atom stereocenters. The highest BCUT2D eigenvalue weighted by atomic mass is 35.5. The Bertz CT molecular complexity index is 647. The lowest BCUT2D eigenvalue weighted by Crippen LogP contribution is -2.36. The second-order valence-corrected chi connectivity index (χ2v) is 6.58. The van der Waals surface area contributed by atoms with E-state index in [1.54, 1.807) is 39.9 Å². The molecule has 1 unspecified atom stereocenters. The largest absolute Gasteiger partial charge is 0.308 e. The van der Waals surface area contributed by atoms with Crippen LogP contribution in [-0.4, -0.2) is 39.2 Å². The van der Waals surface area contributed by atoms with Crippen molar-refractivity contribution in [2.24, 2.45) is 5.92 Å². The number of pyridine rings is 1. The smallest absolute Gasteiger partial charge is 0.230 e. The van der Waals surface area contributed by atoms with E-state index in [0.29, 0.717) is 17.4 Å². The van der Waals surface area contributed by atoms with Gasteiger partial charge in [0.05, 0.1) is 18.1 Å². The maximum atomic E-state index is 12.7. The molecule has 0 bridgehead atoms. The molecule has 2 heterocycles. The highest BCUT2D eigenvalue weighted by Gasteiger charge is 2.25. The van der Waals surface area contributed by atoms with Crippen molar-refractivity contribution in [3.8, 4) is 5.69 Å². The number of nitrogens with zero attached hydrogens (tertiary/aromatic N) is 4. The molecule has 2 aromatic heterocycles. The van der Waals surface area contributed by atoms with Crippen LogP contribution in [0.1, 0.15) is 20.3 Å². The molecule has 0 aliphatic heterocycles. The predicted octanol–water partition coefficient (Wildman–Crippen LogP) is 3.66. The van der Waals surface area contributed by atoms with Gasteiger partial charge in [-0.15, -0.1) is 0 Å². The number of anilines is 1. The van der Waals surface area contributed by atoms with E-state index in [-0.39, 0.29) is 11.8 Å². The van der Waals surface area contributed by atoms with Crippen molar-refractivity contribution in [3.63, 3.8) is 0 Å². The van der Waals surface area contributed by atoms with Gasteiger partial charge in [-0.05, 0) is 24.8 Å². The lowest BCUT2D eigenvalue weighted by molar-refractivity contribution is -0.121. The number of aromatic nitrogens is 3. The number of amides is 1. The minimum absolute atomic E-state index is 0.0608. The monoisotopic (exact) mass is 352 g/mol. The van der Waals surface area contributed by atoms with Crippen molar-refractivity contribution in [3.05, 3.63) is 35.9 Å². The minimum atomic E-state index is -0.0608. The van der Waals surface area contributed by atoms with Crippen LogP contribution in [0.2, 0.25) is 5.15 Å². The number of carbonyl (C=O) groups is 1. The normalized spacial score (nSPS) is 12.2. The van der Waals surface area contributed by atoms with Crippen LogP contribution >= 0.6 is 23.4 Å². The summed E-state index contributed by atoms with van der Waals surface area (Å²) in [6.07, 6.45) is 8.05. The van der Waals surface area contributed by atoms with Crippen LogP contribution in [0.3, 0.4) is 0 Å². The summed E-state index contributed by atoms with van der Waals surface area (Å²) in [6.45, 7) is 4.61. The third-order valence-corrected chi connectivity index (χ3v) is 4.51. The number of rotatable bonds is 7. The van der Waals surface area contributed by atoms with Gasteiger partial charge >= 0.3 is 0 Å². The molecule has 2 aromatic rings. The zero-order valence-corrected chi connectivity index (χ0v) is 15.1. The fourth-order valence-electron chi connectivity index (χ4n) is 2.31. The molecule has 0 radical (unpaired) electrons. The van der Waals surface area contributed by atoms with Crippen LogP contribution < -0.4 is 4.90 Å². The molecule has 0 spiro atoms. The van der Waals surface area contributed by atoms with Crippen LogP contribution in [0.4, 0.5) is 5.69 Å². The second kappa shape index (κ2) is 8.36. The molecule has 2 rings (SSSR count). The van der Waals surface area contributed by atoms with E-state index in [4.69, 9.17) is 11.6 Å². The molecule has 23 heavy (non-hydrogen) atoms. The van der Waals surface area contributed by atoms with Crippen molar-refractivity contribution in [2.45, 2.75) is 20.3 Å². The van der Waals surface area contributed by atoms with E-state index >= 15 is 0 Å². The fourth-order valence-corrected chi connectivity index (χ4v) is 3.18. The zero-order valence-electron chi connectivity index (χ0n) is 13.6. The van der Waals surface area contributed by atoms with Gasteiger partial charge in [-0.2, -0.15) is 16.9 Å². The molecule has 1 amide bonds. The first kappa shape index (κ1) is 17.8. The summed E-state index contributed by atoms with van der Waals surface area (Å²) in [5.41, 5.74) is 1.46. The fraction of sp³-hybridized carbons (Fsp3) is 0.438. The first-order valence-corrected chi connectivity index (χ1v) is 9.31. The Morgan fingerprint density at radius 2 is 2.30 bits per heavy atom. The summed E-state index contributed by atoms with van der Waals surface area (Å²) in [4.78, 5) is 18.5. The summed E-state index contributed by atoms with van der Waals surface area (Å²) in [7, 11) is 0. The van der Waals surface area contributed by atoms with Gasteiger partial charge in [-0.1, -0.05) is 25.4 Å². The van der Waals surface area contributed by atoms with Crippen LogP contribution in [0.25, 0.3) is 5.69 Å². The first-order valence-electron chi connectivity index (χ1n) is 7.54. The average Bonchev–Trinajstić information content (AvgIpc) is 2.94. The predicted molar refractivity (Wildman–Crippen MR) is 96.6 cm³/mol. The summed E-state index contributed by atoms with van der Waals surface area (Å²) in [5, 5.41) is 4.64. The van der Waals surface area contributed by atoms with Gasteiger partial charge in [0.2, 0.25) is 5.91 Å². The Morgan fingerprint density at radius 3 is 2.91 bits per heavy atom. The van der Waals surface area contributed by atoms with Gasteiger partial charge in [0.1, 0.15) is 5.69 Å². The molecule has 0 saturated carbocycles. The van der Waals surface area contributed by atoms with Gasteiger partial charge in [0.25, 0.3) is 0 Å². The average molecular weight is 353 g/mol. The zero-order chi connectivity index (χ0) is 16.8. The van der Waals surface area contributed by atoms with Crippen molar-refractivity contribution in [1.29, 1.82) is 0 Å². The highest BCUT2D eigenvalue weighted by molar-refractivity contribution is 7.98. The standard InChI is InChI=1S/C16H21ClN4OS/c1-4-8-20(16(22)12(2)11-23-3)14-10-21(19-15(14)17)13-6-5-7-18-9-13/h5-7,9-10,12H,4,8,11H2,1-3H3. The highest BCUT2D eigenvalue weighted by Crippen LogP contribution is 2.27. The SMILES string of the molecule is CCCN(C(=O)C(C)CSC)c1cn(-c2cccnc2)nc1Cl. The molecule has 0 fully saturated rings. The summed E-state index contributed by atoms with van der Waals surface area (Å²) < 4.78 is 1.65. The molecule has 7 heteroatoms. The van der Waals surface area contributed by atoms with Crippen molar-refractivity contribution < 1.29 is 4.79 Å². The Labute approximate surface area is 146 Å². The summed E-state index contributed by atoms with van der Waals surface area (Å²) in [6, 6.07) is 3.72. The van der Waals surface area contributed by atoms with Crippen LogP contribution in [-0.2, 0) is 4.79 Å². The van der Waals surface area contributed by atoms with E-state index in [1.165, 1.54) is 0 Å². The Kier molecular flexibility index (Phi) is 6.47. The molecular formula is C16H21ClN4OS. The number of carbonyl (C=O) groups excluding carboxylic acids is 1. The van der Waals surface area contributed by atoms with E-state index < -0.39 is 0 Å². The Morgan fingerprint density at radius 1 is 1.52 bits per heavy atom. The molecule has 5 nitrogen and oxygen atoms in total. The summed E-state index contributed by atoms with van der Waals surface area (Å²) >= 11 is 7.97. The Balaban J connectivity index is 2.33. The lowest BCUT2D eigenvalue weighted by Gasteiger charge is -2.24. The third-order valence-electron chi connectivity index (χ3n) is 3.40. The van der Waals surface area contributed by atoms with Crippen molar-refractivity contribution in [1.82, 2.24) is 14.8 Å². The van der Waals surface area contributed by atoms with Crippen molar-refractivity contribution in [2.75, 3.05) is 23.5 Å². The minimum Gasteiger partial charge on any atom is -0.308 e. The number of hydrogen-bond acceptors (Lipinski definition) is 4. The van der Waals surface area contributed by atoms with E-state index in [0.717, 1.165) is 17.9 Å². The first-order chi connectivity index (χ1) is 11.1. The quantitative estimate of drug-likeness (QED) is 0.763. The summed E-state index contributed by atoms with van der Waals surface area (Å²) in [5.74, 6) is 0.802. The van der Waals surface area contributed by atoms with Gasteiger partial charge in [-0.25, -0.2) is 4.68 Å². The lowest BCUT2D eigenvalue weighted by atomic mass is 10.1. The van der Waals surface area contributed by atoms with Gasteiger partial charge < -0.3 is 4.90 Å². The van der Waals surface area contributed by atoms with E-state index in [2.05, 4.69) is 10.1 Å². The molecule has 124 valence electrons.